The van der Waals surface area contributed by atoms with E-state index < -0.39 is 0 Å². The summed E-state index contributed by atoms with van der Waals surface area (Å²) in [6.45, 7) is 5.94. The molecule has 0 saturated carbocycles. The number of carbonyl (C=O) groups is 1. The van der Waals surface area contributed by atoms with Gasteiger partial charge in [0.2, 0.25) is 0 Å². The Bertz CT molecular complexity index is 429. The number of ether oxygens (including phenoxy) is 1. The van der Waals surface area contributed by atoms with Crippen molar-refractivity contribution in [2.24, 2.45) is 10.9 Å². The average molecular weight is 298 g/mol. The zero-order valence-electron chi connectivity index (χ0n) is 10.2. The summed E-state index contributed by atoms with van der Waals surface area (Å²) in [5.41, 5.74) is 1.93. The SMILES string of the molecule is CCOC(=O)C(C)C=Nc1ccc(Br)cc1C. The van der Waals surface area contributed by atoms with Crippen molar-refractivity contribution in [2.75, 3.05) is 6.61 Å². The van der Waals surface area contributed by atoms with Gasteiger partial charge in [0.25, 0.3) is 0 Å². The molecule has 0 saturated heterocycles. The van der Waals surface area contributed by atoms with Crippen LogP contribution in [0.25, 0.3) is 0 Å². The van der Waals surface area contributed by atoms with Crippen LogP contribution in [0.3, 0.4) is 0 Å². The van der Waals surface area contributed by atoms with Crippen LogP contribution < -0.4 is 0 Å². The summed E-state index contributed by atoms with van der Waals surface area (Å²) in [6.07, 6.45) is 1.62. The molecular weight excluding hydrogens is 282 g/mol. The molecule has 0 aliphatic rings. The largest absolute Gasteiger partial charge is 0.466 e. The number of carbonyl (C=O) groups excluding carboxylic acids is 1. The summed E-state index contributed by atoms with van der Waals surface area (Å²) in [6, 6.07) is 5.82. The van der Waals surface area contributed by atoms with Gasteiger partial charge in [-0.1, -0.05) is 15.9 Å². The lowest BCUT2D eigenvalue weighted by atomic mass is 10.2. The van der Waals surface area contributed by atoms with E-state index in [1.165, 1.54) is 0 Å². The monoisotopic (exact) mass is 297 g/mol. The highest BCUT2D eigenvalue weighted by atomic mass is 79.9. The highest BCUT2D eigenvalue weighted by Crippen LogP contribution is 2.22. The average Bonchev–Trinajstić information content (AvgIpc) is 2.27. The Morgan fingerprint density at radius 3 is 2.88 bits per heavy atom. The first kappa shape index (κ1) is 13.9. The molecule has 0 heterocycles. The summed E-state index contributed by atoms with van der Waals surface area (Å²) in [7, 11) is 0. The van der Waals surface area contributed by atoms with Crippen molar-refractivity contribution < 1.29 is 9.53 Å². The summed E-state index contributed by atoms with van der Waals surface area (Å²) in [5.74, 6) is -0.566. The second kappa shape index (κ2) is 6.55. The molecule has 17 heavy (non-hydrogen) atoms. The number of nitrogens with zero attached hydrogens (tertiary/aromatic N) is 1. The van der Waals surface area contributed by atoms with Crippen molar-refractivity contribution in [1.82, 2.24) is 0 Å². The maximum atomic E-state index is 11.4. The number of hydrogen-bond acceptors (Lipinski definition) is 3. The molecule has 92 valence electrons. The lowest BCUT2D eigenvalue weighted by Crippen LogP contribution is -2.15. The van der Waals surface area contributed by atoms with Gasteiger partial charge in [0.1, 0.15) is 0 Å². The zero-order chi connectivity index (χ0) is 12.8. The molecule has 3 nitrogen and oxygen atoms in total. The molecule has 0 amide bonds. The molecule has 1 aromatic rings. The van der Waals surface area contributed by atoms with Crippen LogP contribution in [-0.2, 0) is 9.53 Å². The third-order valence-corrected chi connectivity index (χ3v) is 2.75. The Labute approximate surface area is 110 Å². The second-order valence-electron chi connectivity index (χ2n) is 3.75. The molecular formula is C13H16BrNO2. The third kappa shape index (κ3) is 4.30. The van der Waals surface area contributed by atoms with Gasteiger partial charge in [0.15, 0.2) is 0 Å². The number of benzene rings is 1. The predicted octanol–water partition coefficient (Wildman–Crippen LogP) is 3.66. The van der Waals surface area contributed by atoms with Gasteiger partial charge in [-0.2, -0.15) is 0 Å². The highest BCUT2D eigenvalue weighted by molar-refractivity contribution is 9.10. The van der Waals surface area contributed by atoms with Crippen molar-refractivity contribution >= 4 is 33.8 Å². The van der Waals surface area contributed by atoms with Crippen molar-refractivity contribution in [2.45, 2.75) is 20.8 Å². The molecule has 0 aromatic heterocycles. The molecule has 0 aliphatic heterocycles. The fraction of sp³-hybridized carbons (Fsp3) is 0.385. The van der Waals surface area contributed by atoms with Crippen molar-refractivity contribution in [3.8, 4) is 0 Å². The van der Waals surface area contributed by atoms with E-state index in [0.29, 0.717) is 6.61 Å². The standard InChI is InChI=1S/C13H16BrNO2/c1-4-17-13(16)10(3)8-15-12-6-5-11(14)7-9(12)2/h5-8,10H,4H2,1-3H3. The van der Waals surface area contributed by atoms with E-state index in [1.54, 1.807) is 20.1 Å². The smallest absolute Gasteiger partial charge is 0.314 e. The second-order valence-corrected chi connectivity index (χ2v) is 4.67. The molecule has 4 heteroatoms. The van der Waals surface area contributed by atoms with Gasteiger partial charge < -0.3 is 4.74 Å². The van der Waals surface area contributed by atoms with Crippen LogP contribution >= 0.6 is 15.9 Å². The quantitative estimate of drug-likeness (QED) is 0.628. The Morgan fingerprint density at radius 1 is 1.59 bits per heavy atom. The molecule has 1 aromatic carbocycles. The topological polar surface area (TPSA) is 38.7 Å². The molecule has 0 aliphatic carbocycles. The van der Waals surface area contributed by atoms with Gasteiger partial charge in [-0.3, -0.25) is 9.79 Å². The first-order valence-electron chi connectivity index (χ1n) is 5.51. The molecule has 0 spiro atoms. The van der Waals surface area contributed by atoms with Crippen LogP contribution in [0.5, 0.6) is 0 Å². The van der Waals surface area contributed by atoms with Gasteiger partial charge >= 0.3 is 5.97 Å². The normalized spacial score (nSPS) is 12.7. The Morgan fingerprint density at radius 2 is 2.29 bits per heavy atom. The minimum atomic E-state index is -0.321. The van der Waals surface area contributed by atoms with Crippen molar-refractivity contribution in [3.63, 3.8) is 0 Å². The Balaban J connectivity index is 2.73. The van der Waals surface area contributed by atoms with E-state index in [1.807, 2.05) is 25.1 Å². The number of halogens is 1. The van der Waals surface area contributed by atoms with Crippen LogP contribution in [0.1, 0.15) is 19.4 Å². The third-order valence-electron chi connectivity index (χ3n) is 2.25. The zero-order valence-corrected chi connectivity index (χ0v) is 11.8. The van der Waals surface area contributed by atoms with E-state index in [2.05, 4.69) is 20.9 Å². The van der Waals surface area contributed by atoms with Crippen molar-refractivity contribution in [1.29, 1.82) is 0 Å². The lowest BCUT2D eigenvalue weighted by molar-refractivity contribution is -0.144. The molecule has 1 atom stereocenters. The number of hydrogen-bond donors (Lipinski definition) is 0. The molecule has 0 radical (unpaired) electrons. The first-order chi connectivity index (χ1) is 8.04. The highest BCUT2D eigenvalue weighted by Gasteiger charge is 2.10. The number of rotatable bonds is 4. The molecule has 0 N–H and O–H groups in total. The van der Waals surface area contributed by atoms with E-state index in [9.17, 15) is 4.79 Å². The summed E-state index contributed by atoms with van der Waals surface area (Å²) < 4.78 is 5.92. The van der Waals surface area contributed by atoms with Crippen LogP contribution in [-0.4, -0.2) is 18.8 Å². The van der Waals surface area contributed by atoms with Crippen molar-refractivity contribution in [3.05, 3.63) is 28.2 Å². The molecule has 0 fully saturated rings. The first-order valence-corrected chi connectivity index (χ1v) is 6.31. The van der Waals surface area contributed by atoms with E-state index in [4.69, 9.17) is 4.74 Å². The summed E-state index contributed by atoms with van der Waals surface area (Å²) >= 11 is 3.39. The minimum absolute atomic E-state index is 0.244. The Kier molecular flexibility index (Phi) is 5.35. The van der Waals surface area contributed by atoms with E-state index in [-0.39, 0.29) is 11.9 Å². The number of aryl methyl sites for hydroxylation is 1. The maximum Gasteiger partial charge on any atom is 0.314 e. The number of esters is 1. The molecule has 0 bridgehead atoms. The summed E-state index contributed by atoms with van der Waals surface area (Å²) in [5, 5.41) is 0. The maximum absolute atomic E-state index is 11.4. The van der Waals surface area contributed by atoms with Crippen LogP contribution in [0.2, 0.25) is 0 Å². The fourth-order valence-electron chi connectivity index (χ4n) is 1.29. The van der Waals surface area contributed by atoms with E-state index in [0.717, 1.165) is 15.7 Å². The van der Waals surface area contributed by atoms with Gasteiger partial charge in [-0.25, -0.2) is 0 Å². The lowest BCUT2D eigenvalue weighted by Gasteiger charge is -2.05. The Hall–Kier alpha value is -1.16. The van der Waals surface area contributed by atoms with Gasteiger partial charge in [0.05, 0.1) is 18.2 Å². The minimum Gasteiger partial charge on any atom is -0.466 e. The molecule has 1 unspecified atom stereocenters. The predicted molar refractivity (Wildman–Crippen MR) is 72.8 cm³/mol. The molecule has 1 rings (SSSR count). The van der Waals surface area contributed by atoms with Crippen LogP contribution in [0.15, 0.2) is 27.7 Å². The van der Waals surface area contributed by atoms with Crippen LogP contribution in [0.4, 0.5) is 5.69 Å². The van der Waals surface area contributed by atoms with E-state index >= 15 is 0 Å². The van der Waals surface area contributed by atoms with Gasteiger partial charge in [0, 0.05) is 10.7 Å². The summed E-state index contributed by atoms with van der Waals surface area (Å²) in [4.78, 5) is 15.7. The number of aliphatic imine (C=N–C) groups is 1. The fourth-order valence-corrected chi connectivity index (χ4v) is 1.77. The van der Waals surface area contributed by atoms with Gasteiger partial charge in [-0.15, -0.1) is 0 Å². The van der Waals surface area contributed by atoms with Crippen LogP contribution in [0, 0.1) is 12.8 Å². The van der Waals surface area contributed by atoms with Gasteiger partial charge in [-0.05, 0) is 44.5 Å².